The van der Waals surface area contributed by atoms with Crippen molar-refractivity contribution in [3.05, 3.63) is 30.3 Å². The minimum atomic E-state index is 0.0128. The number of hydrogen-bond donors (Lipinski definition) is 0. The average molecular weight is 439 g/mol. The van der Waals surface area contributed by atoms with Gasteiger partial charge in [-0.15, -0.1) is 0 Å². The molecule has 4 heterocycles. The van der Waals surface area contributed by atoms with Crippen molar-refractivity contribution in [1.29, 1.82) is 0 Å². The number of rotatable bonds is 3. The van der Waals surface area contributed by atoms with Crippen LogP contribution in [0.5, 0.6) is 0 Å². The molecule has 5 rings (SSSR count). The van der Waals surface area contributed by atoms with Crippen LogP contribution >= 0.6 is 0 Å². The number of nitrogens with zero attached hydrogens (tertiary/aromatic N) is 8. The number of aromatic nitrogens is 4. The van der Waals surface area contributed by atoms with Gasteiger partial charge in [0.05, 0.1) is 5.69 Å². The van der Waals surface area contributed by atoms with Gasteiger partial charge in [-0.05, 0) is 48.2 Å². The Morgan fingerprint density at radius 1 is 0.781 bits per heavy atom. The van der Waals surface area contributed by atoms with Gasteiger partial charge in [0.25, 0.3) is 0 Å². The number of amides is 3. The second-order valence-electron chi connectivity index (χ2n) is 8.78. The first-order chi connectivity index (χ1) is 15.7. The third-order valence-corrected chi connectivity index (χ3v) is 6.82. The van der Waals surface area contributed by atoms with E-state index in [1.807, 2.05) is 45.0 Å². The van der Waals surface area contributed by atoms with Gasteiger partial charge in [-0.1, -0.05) is 23.3 Å². The molecule has 10 nitrogen and oxygen atoms in total. The highest BCUT2D eigenvalue weighted by molar-refractivity contribution is 5.80. The smallest absolute Gasteiger partial charge is 0.319 e. The highest BCUT2D eigenvalue weighted by Gasteiger charge is 2.34. The molecule has 32 heavy (non-hydrogen) atoms. The summed E-state index contributed by atoms with van der Waals surface area (Å²) >= 11 is 0. The summed E-state index contributed by atoms with van der Waals surface area (Å²) in [5.74, 6) is 0.941. The average Bonchev–Trinajstić information content (AvgIpc) is 3.57. The lowest BCUT2D eigenvalue weighted by atomic mass is 9.95. The molecule has 170 valence electrons. The van der Waals surface area contributed by atoms with E-state index in [-0.39, 0.29) is 17.9 Å². The van der Waals surface area contributed by atoms with Crippen molar-refractivity contribution >= 4 is 17.9 Å². The molecule has 10 heteroatoms. The van der Waals surface area contributed by atoms with Crippen LogP contribution in [0.15, 0.2) is 30.3 Å². The summed E-state index contributed by atoms with van der Waals surface area (Å²) in [4.78, 5) is 33.7. The quantitative estimate of drug-likeness (QED) is 0.716. The number of urea groups is 1. The topological polar surface area (TPSA) is 90.7 Å². The standard InChI is InChI=1S/C22H30N8O2/c31-20(18-8-12-29(13-9-18)22(32)28-10-4-5-11-28)26-14-16-27(17-15-26)21-23-24-25-30(21)19-6-2-1-3-7-19/h1-3,6-7,18H,4-5,8-17H2. The number of piperidine rings is 1. The van der Waals surface area contributed by atoms with Crippen LogP contribution in [0.3, 0.4) is 0 Å². The summed E-state index contributed by atoms with van der Waals surface area (Å²) in [6, 6.07) is 9.98. The molecule has 0 atom stereocenters. The maximum atomic E-state index is 13.1. The molecule has 2 aromatic rings. The van der Waals surface area contributed by atoms with Crippen LogP contribution in [0.25, 0.3) is 5.69 Å². The maximum Gasteiger partial charge on any atom is 0.319 e. The predicted octanol–water partition coefficient (Wildman–Crippen LogP) is 1.24. The second-order valence-corrected chi connectivity index (χ2v) is 8.78. The molecule has 3 aliphatic heterocycles. The maximum absolute atomic E-state index is 13.1. The van der Waals surface area contributed by atoms with Gasteiger partial charge in [0, 0.05) is 58.3 Å². The molecule has 3 amide bonds. The Bertz CT molecular complexity index is 926. The van der Waals surface area contributed by atoms with E-state index < -0.39 is 0 Å². The van der Waals surface area contributed by atoms with Crippen molar-refractivity contribution in [2.45, 2.75) is 25.7 Å². The number of hydrogen-bond acceptors (Lipinski definition) is 6. The van der Waals surface area contributed by atoms with Crippen molar-refractivity contribution in [3.63, 3.8) is 0 Å². The number of tetrazole rings is 1. The van der Waals surface area contributed by atoms with E-state index >= 15 is 0 Å². The Kier molecular flexibility index (Phi) is 5.91. The van der Waals surface area contributed by atoms with Gasteiger partial charge in [-0.25, -0.2) is 4.79 Å². The third kappa shape index (κ3) is 4.13. The van der Waals surface area contributed by atoms with E-state index in [9.17, 15) is 9.59 Å². The molecular formula is C22H30N8O2. The molecule has 1 aromatic carbocycles. The van der Waals surface area contributed by atoms with Crippen molar-refractivity contribution < 1.29 is 9.59 Å². The fourth-order valence-electron chi connectivity index (χ4n) is 4.93. The lowest BCUT2D eigenvalue weighted by molar-refractivity contribution is -0.137. The van der Waals surface area contributed by atoms with Crippen LogP contribution < -0.4 is 4.90 Å². The third-order valence-electron chi connectivity index (χ3n) is 6.82. The van der Waals surface area contributed by atoms with Gasteiger partial charge in [0.2, 0.25) is 11.9 Å². The molecule has 0 spiro atoms. The lowest BCUT2D eigenvalue weighted by Crippen LogP contribution is -2.53. The highest BCUT2D eigenvalue weighted by atomic mass is 16.2. The fourth-order valence-corrected chi connectivity index (χ4v) is 4.93. The Morgan fingerprint density at radius 3 is 2.12 bits per heavy atom. The highest BCUT2D eigenvalue weighted by Crippen LogP contribution is 2.23. The number of piperazine rings is 1. The first-order valence-corrected chi connectivity index (χ1v) is 11.6. The first kappa shape index (κ1) is 20.7. The second kappa shape index (κ2) is 9.13. The van der Waals surface area contributed by atoms with Crippen molar-refractivity contribution in [2.24, 2.45) is 5.92 Å². The Morgan fingerprint density at radius 2 is 1.44 bits per heavy atom. The Hall–Kier alpha value is -3.17. The molecule has 0 unspecified atom stereocenters. The van der Waals surface area contributed by atoms with E-state index in [1.165, 1.54) is 0 Å². The summed E-state index contributed by atoms with van der Waals surface area (Å²) < 4.78 is 1.74. The minimum Gasteiger partial charge on any atom is -0.339 e. The van der Waals surface area contributed by atoms with Crippen molar-refractivity contribution in [1.82, 2.24) is 34.9 Å². The van der Waals surface area contributed by atoms with Gasteiger partial charge < -0.3 is 19.6 Å². The molecule has 0 N–H and O–H groups in total. The molecule has 3 aliphatic rings. The van der Waals surface area contributed by atoms with E-state index in [0.717, 1.165) is 44.5 Å². The van der Waals surface area contributed by atoms with Gasteiger partial charge in [-0.3, -0.25) is 4.79 Å². The van der Waals surface area contributed by atoms with Gasteiger partial charge in [0.15, 0.2) is 0 Å². The zero-order chi connectivity index (χ0) is 21.9. The lowest BCUT2D eigenvalue weighted by Gasteiger charge is -2.39. The predicted molar refractivity (Wildman–Crippen MR) is 118 cm³/mol. The van der Waals surface area contributed by atoms with Crippen molar-refractivity contribution in [2.75, 3.05) is 57.3 Å². The zero-order valence-corrected chi connectivity index (χ0v) is 18.3. The monoisotopic (exact) mass is 438 g/mol. The number of para-hydroxylation sites is 1. The molecule has 1 aromatic heterocycles. The van der Waals surface area contributed by atoms with E-state index in [0.29, 0.717) is 45.2 Å². The minimum absolute atomic E-state index is 0.0128. The van der Waals surface area contributed by atoms with E-state index in [4.69, 9.17) is 0 Å². The van der Waals surface area contributed by atoms with Gasteiger partial charge >= 0.3 is 6.03 Å². The largest absolute Gasteiger partial charge is 0.339 e. The Labute approximate surface area is 187 Å². The van der Waals surface area contributed by atoms with Crippen molar-refractivity contribution in [3.8, 4) is 5.69 Å². The molecule has 0 radical (unpaired) electrons. The summed E-state index contributed by atoms with van der Waals surface area (Å²) in [6.07, 6.45) is 3.71. The summed E-state index contributed by atoms with van der Waals surface area (Å²) in [6.45, 7) is 5.82. The van der Waals surface area contributed by atoms with Crippen LogP contribution in [-0.2, 0) is 4.79 Å². The normalized spacial score (nSPS) is 20.1. The summed E-state index contributed by atoms with van der Waals surface area (Å²) in [5, 5.41) is 12.2. The van der Waals surface area contributed by atoms with Crippen LogP contribution in [0.1, 0.15) is 25.7 Å². The number of carbonyl (C=O) groups excluding carboxylic acids is 2. The SMILES string of the molecule is O=C(C1CCN(C(=O)N2CCCC2)CC1)N1CCN(c2nnnn2-c2ccccc2)CC1. The molecule has 0 bridgehead atoms. The number of anilines is 1. The van der Waals surface area contributed by atoms with Gasteiger partial charge in [-0.2, -0.15) is 4.68 Å². The molecule has 0 aliphatic carbocycles. The first-order valence-electron chi connectivity index (χ1n) is 11.6. The fraction of sp³-hybridized carbons (Fsp3) is 0.591. The molecular weight excluding hydrogens is 408 g/mol. The number of benzene rings is 1. The van der Waals surface area contributed by atoms with E-state index in [1.54, 1.807) is 4.68 Å². The zero-order valence-electron chi connectivity index (χ0n) is 18.3. The van der Waals surface area contributed by atoms with Crippen LogP contribution in [-0.4, -0.2) is 99.2 Å². The molecule has 3 fully saturated rings. The van der Waals surface area contributed by atoms with Crippen LogP contribution in [0.2, 0.25) is 0 Å². The summed E-state index contributed by atoms with van der Waals surface area (Å²) in [5.41, 5.74) is 0.918. The van der Waals surface area contributed by atoms with Gasteiger partial charge in [0.1, 0.15) is 0 Å². The van der Waals surface area contributed by atoms with Crippen LogP contribution in [0.4, 0.5) is 10.7 Å². The molecule has 0 saturated carbocycles. The summed E-state index contributed by atoms with van der Waals surface area (Å²) in [7, 11) is 0. The number of likely N-dealkylation sites (tertiary alicyclic amines) is 2. The molecule has 3 saturated heterocycles. The van der Waals surface area contributed by atoms with Crippen LogP contribution in [0, 0.1) is 5.92 Å². The Balaban J connectivity index is 1.13. The van der Waals surface area contributed by atoms with E-state index in [2.05, 4.69) is 20.4 Å². The number of carbonyl (C=O) groups is 2.